The zero-order valence-electron chi connectivity index (χ0n) is 15.8. The smallest absolute Gasteiger partial charge is 0.253 e. The number of benzene rings is 2. The van der Waals surface area contributed by atoms with Gasteiger partial charge in [-0.25, -0.2) is 0 Å². The lowest BCUT2D eigenvalue weighted by Crippen LogP contribution is -2.24. The van der Waals surface area contributed by atoms with Gasteiger partial charge in [-0.3, -0.25) is 9.59 Å². The fraction of sp³-hybridized carbons (Fsp3) is 0.130. The summed E-state index contributed by atoms with van der Waals surface area (Å²) in [7, 11) is 0. The summed E-state index contributed by atoms with van der Waals surface area (Å²) in [5.41, 5.74) is 2.00. The molecule has 2 amide bonds. The van der Waals surface area contributed by atoms with Crippen LogP contribution in [0.5, 0.6) is 0 Å². The first-order chi connectivity index (χ1) is 14.2. The van der Waals surface area contributed by atoms with Gasteiger partial charge in [0.05, 0.1) is 24.1 Å². The molecule has 0 aliphatic carbocycles. The Morgan fingerprint density at radius 3 is 2.62 bits per heavy atom. The SMILES string of the molecule is O=C(CCn1ccc2ccccc21)Nc1ccccc1C(=O)NCc1ccco1. The number of fused-ring (bicyclic) bond motifs is 1. The minimum atomic E-state index is -0.270. The lowest BCUT2D eigenvalue weighted by atomic mass is 10.1. The quantitative estimate of drug-likeness (QED) is 0.499. The number of carbonyl (C=O) groups excluding carboxylic acids is 2. The number of hydrogen-bond donors (Lipinski definition) is 2. The number of para-hydroxylation sites is 2. The van der Waals surface area contributed by atoms with Gasteiger partial charge >= 0.3 is 0 Å². The Kier molecular flexibility index (Phi) is 5.42. The third kappa shape index (κ3) is 4.38. The lowest BCUT2D eigenvalue weighted by Gasteiger charge is -2.11. The highest BCUT2D eigenvalue weighted by molar-refractivity contribution is 6.03. The Balaban J connectivity index is 1.38. The maximum atomic E-state index is 12.5. The summed E-state index contributed by atoms with van der Waals surface area (Å²) in [6.07, 6.45) is 3.85. The lowest BCUT2D eigenvalue weighted by molar-refractivity contribution is -0.116. The average molecular weight is 387 g/mol. The number of aryl methyl sites for hydroxylation is 1. The molecule has 146 valence electrons. The van der Waals surface area contributed by atoms with E-state index in [1.54, 1.807) is 42.7 Å². The van der Waals surface area contributed by atoms with Crippen LogP contribution < -0.4 is 10.6 Å². The largest absolute Gasteiger partial charge is 0.467 e. The molecule has 0 bridgehead atoms. The molecule has 0 aliphatic heterocycles. The summed E-state index contributed by atoms with van der Waals surface area (Å²) in [6.45, 7) is 0.848. The fourth-order valence-corrected chi connectivity index (χ4v) is 3.24. The van der Waals surface area contributed by atoms with Gasteiger partial charge in [0.2, 0.25) is 5.91 Å². The first-order valence-corrected chi connectivity index (χ1v) is 9.44. The number of hydrogen-bond acceptors (Lipinski definition) is 3. The van der Waals surface area contributed by atoms with Crippen LogP contribution in [0.2, 0.25) is 0 Å². The van der Waals surface area contributed by atoms with Crippen LogP contribution in [0.15, 0.2) is 83.6 Å². The molecule has 4 rings (SSSR count). The minimum Gasteiger partial charge on any atom is -0.467 e. The molecule has 0 spiro atoms. The van der Waals surface area contributed by atoms with Crippen molar-refractivity contribution in [2.45, 2.75) is 19.5 Å². The van der Waals surface area contributed by atoms with Crippen LogP contribution in [-0.4, -0.2) is 16.4 Å². The maximum Gasteiger partial charge on any atom is 0.253 e. The average Bonchev–Trinajstić information content (AvgIpc) is 3.41. The van der Waals surface area contributed by atoms with E-state index in [4.69, 9.17) is 4.42 Å². The molecule has 2 aromatic heterocycles. The second kappa shape index (κ2) is 8.48. The van der Waals surface area contributed by atoms with Gasteiger partial charge in [-0.15, -0.1) is 0 Å². The van der Waals surface area contributed by atoms with Crippen LogP contribution in [0.25, 0.3) is 10.9 Å². The van der Waals surface area contributed by atoms with Crippen molar-refractivity contribution in [1.82, 2.24) is 9.88 Å². The van der Waals surface area contributed by atoms with Crippen LogP contribution in [0.3, 0.4) is 0 Å². The molecule has 0 fully saturated rings. The summed E-state index contributed by atoms with van der Waals surface area (Å²) >= 11 is 0. The number of nitrogens with zero attached hydrogens (tertiary/aromatic N) is 1. The van der Waals surface area contributed by atoms with Crippen LogP contribution >= 0.6 is 0 Å². The summed E-state index contributed by atoms with van der Waals surface area (Å²) in [4.78, 5) is 25.0. The molecule has 2 aromatic carbocycles. The molecular weight excluding hydrogens is 366 g/mol. The summed E-state index contributed by atoms with van der Waals surface area (Å²) in [6, 6.07) is 20.6. The minimum absolute atomic E-state index is 0.144. The monoisotopic (exact) mass is 387 g/mol. The number of anilines is 1. The van der Waals surface area contributed by atoms with Crippen LogP contribution in [0, 0.1) is 0 Å². The van der Waals surface area contributed by atoms with E-state index < -0.39 is 0 Å². The molecule has 0 saturated heterocycles. The summed E-state index contributed by atoms with van der Waals surface area (Å²) in [5, 5.41) is 6.80. The van der Waals surface area contributed by atoms with Crippen molar-refractivity contribution in [3.63, 3.8) is 0 Å². The van der Waals surface area contributed by atoms with E-state index in [0.29, 0.717) is 30.0 Å². The normalized spacial score (nSPS) is 10.8. The first kappa shape index (κ1) is 18.6. The molecule has 6 heteroatoms. The van der Waals surface area contributed by atoms with Gasteiger partial charge in [-0.2, -0.15) is 0 Å². The second-order valence-electron chi connectivity index (χ2n) is 6.67. The number of aromatic nitrogens is 1. The van der Waals surface area contributed by atoms with Crippen molar-refractivity contribution < 1.29 is 14.0 Å². The Labute approximate surface area is 168 Å². The van der Waals surface area contributed by atoms with Crippen molar-refractivity contribution in [2.75, 3.05) is 5.32 Å². The predicted molar refractivity (Wildman–Crippen MR) is 112 cm³/mol. The zero-order valence-corrected chi connectivity index (χ0v) is 15.8. The van der Waals surface area contributed by atoms with Crippen molar-refractivity contribution in [3.8, 4) is 0 Å². The van der Waals surface area contributed by atoms with Gasteiger partial charge < -0.3 is 19.6 Å². The van der Waals surface area contributed by atoms with Gasteiger partial charge in [0.25, 0.3) is 5.91 Å². The Bertz CT molecular complexity index is 1130. The van der Waals surface area contributed by atoms with E-state index in [1.807, 2.05) is 36.5 Å². The van der Waals surface area contributed by atoms with Crippen molar-refractivity contribution in [1.29, 1.82) is 0 Å². The molecule has 0 unspecified atom stereocenters. The third-order valence-electron chi connectivity index (χ3n) is 4.71. The Morgan fingerprint density at radius 1 is 0.931 bits per heavy atom. The van der Waals surface area contributed by atoms with Crippen LogP contribution in [-0.2, 0) is 17.9 Å². The van der Waals surface area contributed by atoms with Gasteiger partial charge in [0.15, 0.2) is 0 Å². The Hall–Kier alpha value is -3.80. The molecular formula is C23H21N3O3. The van der Waals surface area contributed by atoms with Gasteiger partial charge in [0, 0.05) is 24.7 Å². The number of nitrogens with one attached hydrogen (secondary N) is 2. The van der Waals surface area contributed by atoms with Gasteiger partial charge in [-0.1, -0.05) is 30.3 Å². The zero-order chi connectivity index (χ0) is 20.1. The molecule has 6 nitrogen and oxygen atoms in total. The predicted octanol–water partition coefficient (Wildman–Crippen LogP) is 4.19. The highest BCUT2D eigenvalue weighted by Gasteiger charge is 2.13. The number of carbonyl (C=O) groups is 2. The van der Waals surface area contributed by atoms with E-state index in [9.17, 15) is 9.59 Å². The highest BCUT2D eigenvalue weighted by atomic mass is 16.3. The molecule has 2 N–H and O–H groups in total. The van der Waals surface area contributed by atoms with E-state index in [1.165, 1.54) is 0 Å². The van der Waals surface area contributed by atoms with Gasteiger partial charge in [0.1, 0.15) is 5.76 Å². The molecule has 2 heterocycles. The van der Waals surface area contributed by atoms with E-state index in [-0.39, 0.29) is 18.4 Å². The van der Waals surface area contributed by atoms with E-state index in [2.05, 4.69) is 15.2 Å². The van der Waals surface area contributed by atoms with Crippen LogP contribution in [0.4, 0.5) is 5.69 Å². The van der Waals surface area contributed by atoms with E-state index >= 15 is 0 Å². The molecule has 29 heavy (non-hydrogen) atoms. The fourth-order valence-electron chi connectivity index (χ4n) is 3.24. The molecule has 0 aliphatic rings. The van der Waals surface area contributed by atoms with Crippen molar-refractivity contribution in [2.24, 2.45) is 0 Å². The van der Waals surface area contributed by atoms with Crippen molar-refractivity contribution >= 4 is 28.4 Å². The highest BCUT2D eigenvalue weighted by Crippen LogP contribution is 2.17. The van der Waals surface area contributed by atoms with Gasteiger partial charge in [-0.05, 0) is 41.8 Å². The third-order valence-corrected chi connectivity index (χ3v) is 4.71. The van der Waals surface area contributed by atoms with E-state index in [0.717, 1.165) is 10.9 Å². The molecule has 0 saturated carbocycles. The van der Waals surface area contributed by atoms with Crippen molar-refractivity contribution in [3.05, 3.63) is 90.5 Å². The Morgan fingerprint density at radius 2 is 1.76 bits per heavy atom. The van der Waals surface area contributed by atoms with Crippen LogP contribution in [0.1, 0.15) is 22.5 Å². The maximum absolute atomic E-state index is 12.5. The summed E-state index contributed by atoms with van der Waals surface area (Å²) < 4.78 is 7.28. The molecule has 0 radical (unpaired) electrons. The molecule has 4 aromatic rings. The number of furan rings is 1. The number of amides is 2. The number of rotatable bonds is 7. The second-order valence-corrected chi connectivity index (χ2v) is 6.67. The molecule has 0 atom stereocenters. The topological polar surface area (TPSA) is 76.3 Å². The summed E-state index contributed by atoms with van der Waals surface area (Å²) in [5.74, 6) is 0.251. The first-order valence-electron chi connectivity index (χ1n) is 9.44. The standard InChI is InChI=1S/C23H21N3O3/c27-22(12-14-26-13-11-17-6-1-4-10-21(17)26)25-20-9-3-2-8-19(20)23(28)24-16-18-7-5-15-29-18/h1-11,13,15H,12,14,16H2,(H,24,28)(H,25,27).